The molecule has 2 aromatic heterocycles. The Morgan fingerprint density at radius 1 is 0.981 bits per heavy atom. The number of amides is 4. The summed E-state index contributed by atoms with van der Waals surface area (Å²) in [5.74, 6) is 0.325. The van der Waals surface area contributed by atoms with Crippen molar-refractivity contribution in [3.63, 3.8) is 0 Å². The highest BCUT2D eigenvalue weighted by atomic mass is 35.5. The van der Waals surface area contributed by atoms with Crippen LogP contribution >= 0.6 is 11.6 Å². The van der Waals surface area contributed by atoms with Gasteiger partial charge in [-0.1, -0.05) is 23.7 Å². The van der Waals surface area contributed by atoms with E-state index in [0.717, 1.165) is 36.9 Å². The molecule has 0 aliphatic carbocycles. The summed E-state index contributed by atoms with van der Waals surface area (Å²) in [6.45, 7) is 2.45. The quantitative estimate of drug-likeness (QED) is 0.225. The molecule has 4 amide bonds. The zero-order chi connectivity index (χ0) is 36.5. The molecule has 1 unspecified atom stereocenters. The molecule has 5 heterocycles. The first kappa shape index (κ1) is 35.2. The number of fused-ring (bicyclic) bond motifs is 1. The van der Waals surface area contributed by atoms with Gasteiger partial charge in [0.1, 0.15) is 22.9 Å². The number of carbonyl (C=O) groups is 4. The Balaban J connectivity index is 0.906. The smallest absolute Gasteiger partial charge is 0.276 e. The Morgan fingerprint density at radius 2 is 1.69 bits per heavy atom. The number of likely N-dealkylation sites (tertiary alicyclic amines) is 2. The van der Waals surface area contributed by atoms with Crippen molar-refractivity contribution in [3.05, 3.63) is 75.3 Å². The maximum atomic E-state index is 13.8. The molecule has 1 atom stereocenters. The maximum Gasteiger partial charge on any atom is 0.276 e. The molecule has 3 aliphatic heterocycles. The molecule has 13 nitrogen and oxygen atoms in total. The van der Waals surface area contributed by atoms with Gasteiger partial charge >= 0.3 is 0 Å². The summed E-state index contributed by atoms with van der Waals surface area (Å²) in [5.41, 5.74) is 3.96. The topological polar surface area (TPSA) is 159 Å². The number of halogens is 1. The lowest BCUT2D eigenvalue weighted by Crippen LogP contribution is -2.47. The van der Waals surface area contributed by atoms with Crippen LogP contribution in [0.1, 0.15) is 66.8 Å². The van der Waals surface area contributed by atoms with Crippen LogP contribution in [0.4, 0.5) is 5.69 Å². The van der Waals surface area contributed by atoms with E-state index in [0.29, 0.717) is 79.1 Å². The number of ether oxygens (including phenoxy) is 1. The molecular weight excluding hydrogens is 686 g/mol. The summed E-state index contributed by atoms with van der Waals surface area (Å²) >= 11 is 6.76. The van der Waals surface area contributed by atoms with Crippen molar-refractivity contribution in [2.24, 2.45) is 13.0 Å². The number of rotatable bonds is 8. The van der Waals surface area contributed by atoms with Gasteiger partial charge in [-0.3, -0.25) is 34.4 Å². The number of imide groups is 1. The molecule has 0 saturated carbocycles. The number of aryl methyl sites for hydroxylation is 1. The van der Waals surface area contributed by atoms with Crippen LogP contribution in [0.3, 0.4) is 0 Å². The van der Waals surface area contributed by atoms with Gasteiger partial charge in [0.15, 0.2) is 0 Å². The Kier molecular flexibility index (Phi) is 10.0. The minimum atomic E-state index is -0.416. The maximum absolute atomic E-state index is 13.8. The first-order chi connectivity index (χ1) is 25.1. The number of aromatic nitrogens is 3. The van der Waals surface area contributed by atoms with Gasteiger partial charge in [0.05, 0.1) is 18.3 Å². The summed E-state index contributed by atoms with van der Waals surface area (Å²) in [4.78, 5) is 66.9. The Labute approximate surface area is 305 Å². The van der Waals surface area contributed by atoms with Crippen molar-refractivity contribution in [2.45, 2.75) is 56.9 Å². The van der Waals surface area contributed by atoms with Gasteiger partial charge in [0.2, 0.25) is 17.7 Å². The number of hydrogen-bond acceptors (Lipinski definition) is 8. The van der Waals surface area contributed by atoms with Gasteiger partial charge in [-0.15, -0.1) is 0 Å². The monoisotopic (exact) mass is 727 g/mol. The third-order valence-corrected chi connectivity index (χ3v) is 11.1. The zero-order valence-electron chi connectivity index (χ0n) is 29.2. The molecule has 3 N–H and O–H groups in total. The number of piperidine rings is 3. The molecule has 3 aliphatic rings. The largest absolute Gasteiger partial charge is 0.496 e. The molecule has 52 heavy (non-hydrogen) atoms. The fourth-order valence-corrected chi connectivity index (χ4v) is 8.00. The number of pyridine rings is 1. The molecular formula is C38H42ClN7O6. The molecule has 3 fully saturated rings. The number of anilines is 1. The fraction of sp³-hybridized carbons (Fsp3) is 0.421. The van der Waals surface area contributed by atoms with Crippen molar-refractivity contribution >= 4 is 51.8 Å². The van der Waals surface area contributed by atoms with Crippen LogP contribution in [0.15, 0.2) is 53.6 Å². The number of hydrogen-bond donors (Lipinski definition) is 3. The second kappa shape index (κ2) is 14.8. The first-order valence-corrected chi connectivity index (χ1v) is 18.1. The average molecular weight is 728 g/mol. The first-order valence-electron chi connectivity index (χ1n) is 17.8. The fourth-order valence-electron chi connectivity index (χ4n) is 7.71. The van der Waals surface area contributed by atoms with Crippen LogP contribution in [0.25, 0.3) is 22.0 Å². The lowest BCUT2D eigenvalue weighted by atomic mass is 9.88. The highest BCUT2D eigenvalue weighted by molar-refractivity contribution is 6.34. The standard InChI is InChI=1S/C38H42ClN7O6/c1-44-21-28(27-20-40-43-35(27)38(44)51)25-18-29(39)34(31(19-25)52-2)37(50)46-13-9-22(10-14-46)17-33(48)45-15-11-24(12-16-45)23-3-5-26(6-4-23)41-30-7-8-32(47)42-36(30)49/h3-6,18-22,24,30,41H,7-17H2,1-2H3,(H,40,43)(H,42,47,49). The second-order valence-electron chi connectivity index (χ2n) is 14.0. The third-order valence-electron chi connectivity index (χ3n) is 10.8. The van der Waals surface area contributed by atoms with Crippen LogP contribution in [0.2, 0.25) is 5.02 Å². The van der Waals surface area contributed by atoms with E-state index in [-0.39, 0.29) is 40.1 Å². The number of H-pyrrole nitrogens is 1. The SMILES string of the molecule is COc1cc(-c2cn(C)c(=O)c3[nH]ncc23)cc(Cl)c1C(=O)N1CCC(CC(=O)N2CCC(c3ccc(NC4CCC(=O)NC4=O)cc3)CC2)CC1. The number of methoxy groups -OCH3 is 1. The number of carbonyl (C=O) groups excluding carboxylic acids is 4. The van der Waals surface area contributed by atoms with Gasteiger partial charge in [0, 0.05) is 68.9 Å². The molecule has 0 radical (unpaired) electrons. The molecule has 4 aromatic rings. The minimum Gasteiger partial charge on any atom is -0.496 e. The summed E-state index contributed by atoms with van der Waals surface area (Å²) in [6, 6.07) is 11.2. The number of benzene rings is 2. The average Bonchev–Trinajstić information content (AvgIpc) is 3.65. The number of nitrogens with one attached hydrogen (secondary N) is 3. The summed E-state index contributed by atoms with van der Waals surface area (Å²) in [5, 5.41) is 13.3. The van der Waals surface area contributed by atoms with E-state index in [9.17, 15) is 24.0 Å². The summed E-state index contributed by atoms with van der Waals surface area (Å²) < 4.78 is 7.14. The molecule has 272 valence electrons. The van der Waals surface area contributed by atoms with Crippen molar-refractivity contribution in [2.75, 3.05) is 38.6 Å². The van der Waals surface area contributed by atoms with Crippen molar-refractivity contribution in [1.29, 1.82) is 0 Å². The predicted octanol–water partition coefficient (Wildman–Crippen LogP) is 4.46. The van der Waals surface area contributed by atoms with Gasteiger partial charge in [-0.05, 0) is 79.3 Å². The lowest BCUT2D eigenvalue weighted by Gasteiger charge is -2.35. The summed E-state index contributed by atoms with van der Waals surface area (Å²) in [6.07, 6.45) is 7.80. The molecule has 2 aromatic carbocycles. The molecule has 0 bridgehead atoms. The van der Waals surface area contributed by atoms with E-state index in [1.165, 1.54) is 17.2 Å². The van der Waals surface area contributed by atoms with E-state index < -0.39 is 6.04 Å². The Morgan fingerprint density at radius 3 is 2.38 bits per heavy atom. The van der Waals surface area contributed by atoms with Gasteiger partial charge in [0.25, 0.3) is 11.5 Å². The van der Waals surface area contributed by atoms with Gasteiger partial charge in [-0.2, -0.15) is 5.10 Å². The molecule has 14 heteroatoms. The lowest BCUT2D eigenvalue weighted by molar-refractivity contribution is -0.134. The Bertz CT molecular complexity index is 2080. The summed E-state index contributed by atoms with van der Waals surface area (Å²) in [7, 11) is 3.16. The van der Waals surface area contributed by atoms with Gasteiger partial charge < -0.3 is 24.4 Å². The third kappa shape index (κ3) is 7.14. The van der Waals surface area contributed by atoms with Crippen molar-refractivity contribution in [1.82, 2.24) is 29.9 Å². The number of aromatic amines is 1. The molecule has 0 spiro atoms. The van der Waals surface area contributed by atoms with Crippen molar-refractivity contribution < 1.29 is 23.9 Å². The number of nitrogens with zero attached hydrogens (tertiary/aromatic N) is 4. The molecule has 7 rings (SSSR count). The van der Waals surface area contributed by atoms with Crippen molar-refractivity contribution in [3.8, 4) is 16.9 Å². The minimum absolute atomic E-state index is 0.164. The van der Waals surface area contributed by atoms with E-state index in [4.69, 9.17) is 16.3 Å². The predicted molar refractivity (Wildman–Crippen MR) is 196 cm³/mol. The van der Waals surface area contributed by atoms with E-state index in [1.54, 1.807) is 36.5 Å². The van der Waals surface area contributed by atoms with Gasteiger partial charge in [-0.25, -0.2) is 0 Å². The highest BCUT2D eigenvalue weighted by Crippen LogP contribution is 2.37. The molecule has 3 saturated heterocycles. The zero-order valence-corrected chi connectivity index (χ0v) is 30.0. The van der Waals surface area contributed by atoms with Crippen LogP contribution in [-0.4, -0.2) is 87.5 Å². The van der Waals surface area contributed by atoms with Crippen LogP contribution in [0.5, 0.6) is 5.75 Å². The second-order valence-corrected chi connectivity index (χ2v) is 14.4. The van der Waals surface area contributed by atoms with E-state index in [1.807, 2.05) is 17.0 Å². The van der Waals surface area contributed by atoms with E-state index in [2.05, 4.69) is 33.0 Å². The van der Waals surface area contributed by atoms with Crippen LogP contribution < -0.4 is 20.9 Å². The van der Waals surface area contributed by atoms with Crippen LogP contribution in [-0.2, 0) is 21.4 Å². The Hall–Kier alpha value is -5.17. The van der Waals surface area contributed by atoms with Crippen LogP contribution in [0, 0.1) is 5.92 Å². The van der Waals surface area contributed by atoms with E-state index >= 15 is 0 Å². The highest BCUT2D eigenvalue weighted by Gasteiger charge is 2.31. The normalized spacial score (nSPS) is 18.8.